The molecule has 1 unspecified atom stereocenters. The zero-order valence-electron chi connectivity index (χ0n) is 37.2. The van der Waals surface area contributed by atoms with Crippen LogP contribution in [0.4, 0.5) is 0 Å². The summed E-state index contributed by atoms with van der Waals surface area (Å²) in [5.74, 6) is -6.72. The molecule has 0 aromatic heterocycles. The normalized spacial score (nSPS) is 12.2. The summed E-state index contributed by atoms with van der Waals surface area (Å²) >= 11 is 0. The van der Waals surface area contributed by atoms with Crippen molar-refractivity contribution in [2.75, 3.05) is 6.61 Å². The Morgan fingerprint density at radius 2 is 0.810 bits per heavy atom. The largest absolute Gasteiger partial charge is 1.00 e. The van der Waals surface area contributed by atoms with Crippen LogP contribution in [0.15, 0.2) is 11.6 Å². The van der Waals surface area contributed by atoms with Gasteiger partial charge in [-0.3, -0.25) is 9.59 Å². The first-order chi connectivity index (χ1) is 27.4. The number of hydrogen-bond donors (Lipinski definition) is 4. The minimum Gasteiger partial charge on any atom is -0.545 e. The fraction of sp³-hybridized carbons (Fsp3) is 0.848. The minimum absolute atomic E-state index is 0. The number of hydrogen-bond acceptors (Lipinski definition) is 8. The van der Waals surface area contributed by atoms with E-state index in [1.54, 1.807) is 0 Å². The maximum Gasteiger partial charge on any atom is 1.00 e. The molecular weight excluding hydrogens is 751 g/mol. The van der Waals surface area contributed by atoms with E-state index < -0.39 is 48.3 Å². The Balaban J connectivity index is -0.00000104. The van der Waals surface area contributed by atoms with Gasteiger partial charge in [-0.05, 0) is 24.8 Å². The average molecular weight is 835 g/mol. The molecule has 0 heterocycles. The Hall–Kier alpha value is -1.95. The molecule has 4 N–H and O–H groups in total. The van der Waals surface area contributed by atoms with Crippen LogP contribution in [0, 0.1) is 0 Å². The van der Waals surface area contributed by atoms with Gasteiger partial charge in [-0.2, -0.15) is 0 Å². The minimum atomic E-state index is -2.63. The van der Waals surface area contributed by atoms with E-state index >= 15 is 0 Å². The monoisotopic (exact) mass is 835 g/mol. The van der Waals surface area contributed by atoms with Crippen LogP contribution in [0.2, 0.25) is 0 Å². The molecule has 0 aliphatic rings. The van der Waals surface area contributed by atoms with Gasteiger partial charge in [-0.25, -0.2) is 9.59 Å². The van der Waals surface area contributed by atoms with Crippen molar-refractivity contribution in [2.45, 2.75) is 244 Å². The fourth-order valence-corrected chi connectivity index (χ4v) is 6.84. The van der Waals surface area contributed by atoms with Gasteiger partial charge in [0.05, 0.1) is 25.4 Å². The molecule has 0 bridgehead atoms. The van der Waals surface area contributed by atoms with Crippen LogP contribution in [0.5, 0.6) is 0 Å². The van der Waals surface area contributed by atoms with E-state index in [-0.39, 0.29) is 48.2 Å². The van der Waals surface area contributed by atoms with Crippen LogP contribution in [0.1, 0.15) is 239 Å². The summed E-state index contributed by atoms with van der Waals surface area (Å²) in [6.45, 7) is 4.66. The molecule has 1 atom stereocenters. The number of carboxylic acid groups (broad SMARTS) is 4. The number of carbonyl (C=O) groups is 5. The van der Waals surface area contributed by atoms with Crippen LogP contribution in [0.3, 0.4) is 0 Å². The van der Waals surface area contributed by atoms with E-state index in [1.807, 2.05) is 0 Å². The van der Waals surface area contributed by atoms with Gasteiger partial charge >= 0.3 is 53.4 Å². The smallest absolute Gasteiger partial charge is 0.545 e. The molecule has 58 heavy (non-hydrogen) atoms. The molecule has 0 spiro atoms. The first kappa shape index (κ1) is 60.4. The number of rotatable bonds is 41. The van der Waals surface area contributed by atoms with E-state index in [0.29, 0.717) is 12.8 Å². The fourth-order valence-electron chi connectivity index (χ4n) is 6.84. The summed E-state index contributed by atoms with van der Waals surface area (Å²) in [5, 5.41) is 46.8. The topological polar surface area (TPSA) is 199 Å². The Kier molecular flexibility index (Phi) is 46.4. The summed E-state index contributed by atoms with van der Waals surface area (Å²) in [7, 11) is 0. The number of carboxylic acids is 4. The molecule has 0 aliphatic heterocycles. The third-order valence-electron chi connectivity index (χ3n) is 10.4. The van der Waals surface area contributed by atoms with E-state index in [1.165, 1.54) is 161 Å². The summed E-state index contributed by atoms with van der Waals surface area (Å²) in [4.78, 5) is 54.6. The summed E-state index contributed by atoms with van der Waals surface area (Å²) < 4.78 is 4.93. The van der Waals surface area contributed by atoms with Crippen LogP contribution >= 0.6 is 0 Å². The molecule has 11 nitrogen and oxygen atoms in total. The number of aliphatic carboxylic acids is 4. The molecule has 0 saturated carbocycles. The first-order valence-electron chi connectivity index (χ1n) is 22.9. The molecule has 0 fully saturated rings. The molecule has 334 valence electrons. The molecule has 12 heteroatoms. The number of esters is 1. The van der Waals surface area contributed by atoms with Crippen LogP contribution in [-0.4, -0.2) is 62.5 Å². The first-order valence-corrected chi connectivity index (χ1v) is 22.9. The Bertz CT molecular complexity index is 1050. The number of aliphatic hydroxyl groups is 1. The van der Waals surface area contributed by atoms with Gasteiger partial charge in [0.15, 0.2) is 5.60 Å². The van der Waals surface area contributed by atoms with Gasteiger partial charge < -0.3 is 35.1 Å². The van der Waals surface area contributed by atoms with Gasteiger partial charge in [0.1, 0.15) is 0 Å². The van der Waals surface area contributed by atoms with Crippen molar-refractivity contribution in [1.29, 1.82) is 0 Å². The summed E-state index contributed by atoms with van der Waals surface area (Å²) in [6.07, 6.45) is 39.2. The molecular formula is C46H83NaO11. The summed E-state index contributed by atoms with van der Waals surface area (Å²) in [6, 6.07) is 0. The standard InChI is InChI=1S/C24H44O7.C22H40O4.Na/c1-2-3-4-5-6-7-8-9-10-11-12-13-14-15-16-17-18-31-22(27)20-24(30,23(28)29)19-21(25)26;1-2-3-4-5-6-7-8-9-10-11-12-13-14-15-16-17-18-20(22(25)26)19-21(23)24;/h30H,2-20H2,1H3,(H,25,26)(H,28,29);19H,2-18H2,1H3,(H,23,24)(H,25,26);/q;;+1/p-1/b;20-19+;. The predicted octanol–water partition coefficient (Wildman–Crippen LogP) is 7.87. The van der Waals surface area contributed by atoms with Crippen LogP contribution in [0.25, 0.3) is 0 Å². The van der Waals surface area contributed by atoms with Gasteiger partial charge in [-0.1, -0.05) is 206 Å². The van der Waals surface area contributed by atoms with E-state index in [9.17, 15) is 34.2 Å². The van der Waals surface area contributed by atoms with Gasteiger partial charge in [-0.15, -0.1) is 0 Å². The summed E-state index contributed by atoms with van der Waals surface area (Å²) in [5.41, 5.74) is -2.74. The van der Waals surface area contributed by atoms with Gasteiger partial charge in [0, 0.05) is 6.08 Å². The number of carbonyl (C=O) groups excluding carboxylic acids is 2. The SMILES string of the molecule is CCCCCCCCCCCCCCCCCC/C(=C\C(=O)O)C(=O)[O-].CCCCCCCCCCCCCCCCCCOC(=O)CC(O)(CC(=O)O)C(=O)O.[Na+]. The van der Waals surface area contributed by atoms with Crippen LogP contribution in [-0.2, 0) is 28.7 Å². The maximum absolute atomic E-state index is 11.7. The molecule has 0 amide bonds. The molecule has 0 rings (SSSR count). The van der Waals surface area contributed by atoms with Crippen molar-refractivity contribution < 1.29 is 83.8 Å². The van der Waals surface area contributed by atoms with E-state index in [2.05, 4.69) is 13.8 Å². The van der Waals surface area contributed by atoms with Crippen molar-refractivity contribution in [3.8, 4) is 0 Å². The second kappa shape index (κ2) is 44.6. The van der Waals surface area contributed by atoms with E-state index in [4.69, 9.17) is 20.1 Å². The van der Waals surface area contributed by atoms with Gasteiger partial charge in [0.2, 0.25) is 0 Å². The third-order valence-corrected chi connectivity index (χ3v) is 10.4. The predicted molar refractivity (Wildman–Crippen MR) is 225 cm³/mol. The van der Waals surface area contributed by atoms with E-state index in [0.717, 1.165) is 38.2 Å². The Morgan fingerprint density at radius 1 is 0.500 bits per heavy atom. The molecule has 0 radical (unpaired) electrons. The molecule has 0 aliphatic carbocycles. The molecule has 0 saturated heterocycles. The van der Waals surface area contributed by atoms with Crippen molar-refractivity contribution in [2.24, 2.45) is 0 Å². The second-order valence-corrected chi connectivity index (χ2v) is 16.0. The Morgan fingerprint density at radius 3 is 1.09 bits per heavy atom. The number of unbranched alkanes of at least 4 members (excludes halogenated alkanes) is 30. The second-order valence-electron chi connectivity index (χ2n) is 16.0. The quantitative estimate of drug-likeness (QED) is 0.0202. The van der Waals surface area contributed by atoms with Crippen molar-refractivity contribution >= 4 is 29.8 Å². The zero-order valence-corrected chi connectivity index (χ0v) is 39.2. The van der Waals surface area contributed by atoms with Gasteiger partial charge in [0.25, 0.3) is 0 Å². The zero-order chi connectivity index (χ0) is 42.8. The van der Waals surface area contributed by atoms with Crippen molar-refractivity contribution in [3.63, 3.8) is 0 Å². The molecule has 0 aromatic carbocycles. The number of ether oxygens (including phenoxy) is 1. The Labute approximate surface area is 374 Å². The molecule has 0 aromatic rings. The van der Waals surface area contributed by atoms with Crippen molar-refractivity contribution in [1.82, 2.24) is 0 Å². The van der Waals surface area contributed by atoms with Crippen LogP contribution < -0.4 is 34.7 Å². The van der Waals surface area contributed by atoms with Crippen molar-refractivity contribution in [3.05, 3.63) is 11.6 Å². The average Bonchev–Trinajstić information content (AvgIpc) is 3.15. The maximum atomic E-state index is 11.7. The third kappa shape index (κ3) is 43.6.